The minimum Gasteiger partial charge on any atom is -0.361 e. The normalized spacial score (nSPS) is 17.8. The van der Waals surface area contributed by atoms with E-state index >= 15 is 0 Å². The molecule has 144 valence electrons. The van der Waals surface area contributed by atoms with Gasteiger partial charge in [0.15, 0.2) is 5.69 Å². The first-order valence-electron chi connectivity index (χ1n) is 8.91. The third kappa shape index (κ3) is 5.83. The number of hydrogen-bond donors (Lipinski definition) is 4. The van der Waals surface area contributed by atoms with Crippen LogP contribution in [0.25, 0.3) is 0 Å². The molecule has 0 aliphatic carbocycles. The van der Waals surface area contributed by atoms with Crippen molar-refractivity contribution in [3.63, 3.8) is 0 Å². The molecule has 1 saturated heterocycles. The smallest absolute Gasteiger partial charge is 0.274 e. The van der Waals surface area contributed by atoms with E-state index in [0.717, 1.165) is 12.8 Å². The summed E-state index contributed by atoms with van der Waals surface area (Å²) in [6.45, 7) is 6.80. The van der Waals surface area contributed by atoms with Crippen molar-refractivity contribution in [1.82, 2.24) is 26.6 Å². The number of nitrogens with zero attached hydrogens (tertiary/aromatic N) is 1. The minimum absolute atomic E-state index is 0.0159. The van der Waals surface area contributed by atoms with Crippen LogP contribution >= 0.6 is 0 Å². The molecule has 9 heteroatoms. The van der Waals surface area contributed by atoms with Crippen LogP contribution in [0.5, 0.6) is 0 Å². The fourth-order valence-electron chi connectivity index (χ4n) is 2.66. The van der Waals surface area contributed by atoms with Gasteiger partial charge in [0, 0.05) is 19.2 Å². The summed E-state index contributed by atoms with van der Waals surface area (Å²) in [5, 5.41) is 9.11. The molecule has 1 aromatic heterocycles. The molecule has 0 bridgehead atoms. The first kappa shape index (κ1) is 19.9. The highest BCUT2D eigenvalue weighted by atomic mass is 16.5. The molecule has 1 unspecified atom stereocenters. The lowest BCUT2D eigenvalue weighted by atomic mass is 10.0. The van der Waals surface area contributed by atoms with Crippen molar-refractivity contribution in [3.05, 3.63) is 17.5 Å². The second-order valence-electron chi connectivity index (χ2n) is 6.97. The van der Waals surface area contributed by atoms with Crippen LogP contribution in [-0.4, -0.2) is 42.0 Å². The Hall–Kier alpha value is -2.42. The first-order chi connectivity index (χ1) is 12.4. The van der Waals surface area contributed by atoms with E-state index in [1.165, 1.54) is 6.07 Å². The van der Waals surface area contributed by atoms with Crippen molar-refractivity contribution in [2.24, 2.45) is 11.8 Å². The molecule has 9 nitrogen and oxygen atoms in total. The second-order valence-corrected chi connectivity index (χ2v) is 6.97. The van der Waals surface area contributed by atoms with E-state index in [9.17, 15) is 14.4 Å². The third-order valence-electron chi connectivity index (χ3n) is 4.24. The molecule has 0 saturated carbocycles. The maximum atomic E-state index is 12.5. The fourth-order valence-corrected chi connectivity index (χ4v) is 2.66. The van der Waals surface area contributed by atoms with Gasteiger partial charge in [-0.2, -0.15) is 0 Å². The maximum Gasteiger partial charge on any atom is 0.274 e. The number of rotatable bonds is 9. The Balaban J connectivity index is 1.88. The van der Waals surface area contributed by atoms with E-state index in [0.29, 0.717) is 31.2 Å². The number of hydrazine groups is 1. The third-order valence-corrected chi connectivity index (χ3v) is 4.24. The highest BCUT2D eigenvalue weighted by molar-refractivity contribution is 5.96. The largest absolute Gasteiger partial charge is 0.361 e. The van der Waals surface area contributed by atoms with E-state index in [2.05, 4.69) is 40.5 Å². The number of aromatic nitrogens is 1. The Morgan fingerprint density at radius 2 is 2.15 bits per heavy atom. The van der Waals surface area contributed by atoms with Gasteiger partial charge in [-0.05, 0) is 32.1 Å². The second kappa shape index (κ2) is 9.33. The monoisotopic (exact) mass is 365 g/mol. The topological polar surface area (TPSA) is 125 Å². The average Bonchev–Trinajstić information content (AvgIpc) is 3.19. The molecular weight excluding hydrogens is 338 g/mol. The molecule has 2 heterocycles. The van der Waals surface area contributed by atoms with Crippen LogP contribution in [0.2, 0.25) is 0 Å². The van der Waals surface area contributed by atoms with E-state index in [4.69, 9.17) is 4.52 Å². The molecule has 0 radical (unpaired) electrons. The SMILES string of the molecule is Cc1cc(C(=O)NC(CCC(C)C)C(=O)NNC[C@@H]2CCNC2=O)no1. The van der Waals surface area contributed by atoms with Gasteiger partial charge in [-0.3, -0.25) is 19.8 Å². The summed E-state index contributed by atoms with van der Waals surface area (Å²) in [7, 11) is 0. The average molecular weight is 365 g/mol. The standard InChI is InChI=1S/C17H27N5O4/c1-10(2)4-5-13(20-16(24)14-8-11(3)26-22-14)17(25)21-19-9-12-6-7-18-15(12)23/h8,10,12-13,19H,4-7,9H2,1-3H3,(H,18,23)(H,20,24)(H,21,25)/t12-,13?/m0/s1. The molecule has 1 aromatic rings. The van der Waals surface area contributed by atoms with Crippen LogP contribution in [-0.2, 0) is 9.59 Å². The molecule has 3 amide bonds. The van der Waals surface area contributed by atoms with Crippen LogP contribution in [0, 0.1) is 18.8 Å². The quantitative estimate of drug-likeness (QED) is 0.466. The van der Waals surface area contributed by atoms with Crippen molar-refractivity contribution in [2.75, 3.05) is 13.1 Å². The van der Waals surface area contributed by atoms with Gasteiger partial charge < -0.3 is 15.2 Å². The summed E-state index contributed by atoms with van der Waals surface area (Å²) < 4.78 is 4.90. The Kier molecular flexibility index (Phi) is 7.14. The van der Waals surface area contributed by atoms with Crippen LogP contribution < -0.4 is 21.5 Å². The Labute approximate surface area is 152 Å². The van der Waals surface area contributed by atoms with Gasteiger partial charge in [0.1, 0.15) is 11.8 Å². The zero-order chi connectivity index (χ0) is 19.1. The molecular formula is C17H27N5O4. The summed E-state index contributed by atoms with van der Waals surface area (Å²) in [5.74, 6) is -0.0602. The predicted octanol–water partition coefficient (Wildman–Crippen LogP) is 0.275. The summed E-state index contributed by atoms with van der Waals surface area (Å²) in [5.41, 5.74) is 5.52. The number of aryl methyl sites for hydroxylation is 1. The van der Waals surface area contributed by atoms with Crippen molar-refractivity contribution < 1.29 is 18.9 Å². The van der Waals surface area contributed by atoms with Gasteiger partial charge in [0.2, 0.25) is 5.91 Å². The summed E-state index contributed by atoms with van der Waals surface area (Å²) >= 11 is 0. The van der Waals surface area contributed by atoms with Crippen molar-refractivity contribution in [3.8, 4) is 0 Å². The molecule has 1 aliphatic heterocycles. The number of carbonyl (C=O) groups is 3. The van der Waals surface area contributed by atoms with Crippen LogP contribution in [0.3, 0.4) is 0 Å². The molecule has 26 heavy (non-hydrogen) atoms. The molecule has 0 spiro atoms. The van der Waals surface area contributed by atoms with Crippen LogP contribution in [0.15, 0.2) is 10.6 Å². The maximum absolute atomic E-state index is 12.5. The van der Waals surface area contributed by atoms with E-state index in [-0.39, 0.29) is 23.4 Å². The summed E-state index contributed by atoms with van der Waals surface area (Å²) in [6, 6.07) is 0.816. The van der Waals surface area contributed by atoms with Gasteiger partial charge in [-0.15, -0.1) is 0 Å². The lowest BCUT2D eigenvalue weighted by molar-refractivity contribution is -0.125. The Morgan fingerprint density at radius 1 is 1.38 bits per heavy atom. The number of carbonyl (C=O) groups excluding carboxylic acids is 3. The lowest BCUT2D eigenvalue weighted by Crippen LogP contribution is -2.52. The first-order valence-corrected chi connectivity index (χ1v) is 8.91. The van der Waals surface area contributed by atoms with Gasteiger partial charge in [-0.25, -0.2) is 5.43 Å². The molecule has 0 aromatic carbocycles. The van der Waals surface area contributed by atoms with E-state index in [1.807, 2.05) is 0 Å². The minimum atomic E-state index is -0.702. The highest BCUT2D eigenvalue weighted by Gasteiger charge is 2.26. The van der Waals surface area contributed by atoms with Gasteiger partial charge in [-0.1, -0.05) is 19.0 Å². The summed E-state index contributed by atoms with van der Waals surface area (Å²) in [6.07, 6.45) is 2.01. The number of amides is 3. The van der Waals surface area contributed by atoms with E-state index in [1.54, 1.807) is 6.92 Å². The van der Waals surface area contributed by atoms with Crippen LogP contribution in [0.4, 0.5) is 0 Å². The van der Waals surface area contributed by atoms with Gasteiger partial charge in [0.05, 0.1) is 5.92 Å². The fraction of sp³-hybridized carbons (Fsp3) is 0.647. The summed E-state index contributed by atoms with van der Waals surface area (Å²) in [4.78, 5) is 36.2. The Bertz CT molecular complexity index is 643. The zero-order valence-corrected chi connectivity index (χ0v) is 15.4. The highest BCUT2D eigenvalue weighted by Crippen LogP contribution is 2.09. The van der Waals surface area contributed by atoms with Crippen molar-refractivity contribution >= 4 is 17.7 Å². The van der Waals surface area contributed by atoms with Gasteiger partial charge >= 0.3 is 0 Å². The van der Waals surface area contributed by atoms with Crippen LogP contribution in [0.1, 0.15) is 49.4 Å². The van der Waals surface area contributed by atoms with E-state index < -0.39 is 11.9 Å². The molecule has 1 aliphatic rings. The number of nitrogens with one attached hydrogen (secondary N) is 4. The molecule has 2 rings (SSSR count). The Morgan fingerprint density at radius 3 is 2.73 bits per heavy atom. The zero-order valence-electron chi connectivity index (χ0n) is 15.4. The van der Waals surface area contributed by atoms with Crippen molar-refractivity contribution in [2.45, 2.75) is 46.1 Å². The number of hydrogen-bond acceptors (Lipinski definition) is 6. The molecule has 1 fully saturated rings. The lowest BCUT2D eigenvalue weighted by Gasteiger charge is -2.19. The molecule has 4 N–H and O–H groups in total. The predicted molar refractivity (Wildman–Crippen MR) is 93.8 cm³/mol. The van der Waals surface area contributed by atoms with Crippen molar-refractivity contribution in [1.29, 1.82) is 0 Å². The molecule has 2 atom stereocenters. The van der Waals surface area contributed by atoms with Gasteiger partial charge in [0.25, 0.3) is 11.8 Å².